The van der Waals surface area contributed by atoms with Crippen LogP contribution in [0.1, 0.15) is 20.8 Å². The molecule has 1 aliphatic rings. The molecule has 0 saturated carbocycles. The van der Waals surface area contributed by atoms with Gasteiger partial charge in [-0.15, -0.1) is 23.5 Å². The summed E-state index contributed by atoms with van der Waals surface area (Å²) in [6, 6.07) is -1.43. The predicted molar refractivity (Wildman–Crippen MR) is 135 cm³/mol. The highest BCUT2D eigenvalue weighted by Gasteiger charge is 2.35. The fraction of sp³-hybridized carbons (Fsp3) is 0.682. The van der Waals surface area contributed by atoms with Gasteiger partial charge in [-0.1, -0.05) is 0 Å². The Hall–Kier alpha value is -2.29. The zero-order chi connectivity index (χ0) is 27.2. The van der Waals surface area contributed by atoms with Gasteiger partial charge in [0.05, 0.1) is 43.0 Å². The molecule has 1 aromatic rings. The number of ether oxygens (including phenoxy) is 3. The van der Waals surface area contributed by atoms with E-state index in [-0.39, 0.29) is 34.4 Å². The second-order valence-corrected chi connectivity index (χ2v) is 11.1. The van der Waals surface area contributed by atoms with Crippen LogP contribution in [-0.2, 0) is 41.7 Å². The molecule has 0 aliphatic carbocycles. The number of esters is 3. The minimum Gasteiger partial charge on any atom is -0.468 e. The fourth-order valence-corrected chi connectivity index (χ4v) is 5.95. The number of nitrogens with one attached hydrogen (secondary N) is 2. The first-order valence-corrected chi connectivity index (χ1v) is 13.2. The van der Waals surface area contributed by atoms with E-state index >= 15 is 0 Å². The maximum absolute atomic E-state index is 13.5. The van der Waals surface area contributed by atoms with Gasteiger partial charge >= 0.3 is 17.9 Å². The Labute approximate surface area is 217 Å². The van der Waals surface area contributed by atoms with Crippen LogP contribution in [0.2, 0.25) is 0 Å². The highest BCUT2D eigenvalue weighted by Crippen LogP contribution is 2.28. The summed E-state index contributed by atoms with van der Waals surface area (Å²) in [6.45, 7) is 5.22. The van der Waals surface area contributed by atoms with Gasteiger partial charge in [-0.2, -0.15) is 0 Å². The van der Waals surface area contributed by atoms with Crippen LogP contribution in [0.5, 0.6) is 0 Å². The number of likely N-dealkylation sites (N-methyl/N-ethyl adjacent to an activating group) is 2. The zero-order valence-electron chi connectivity index (χ0n) is 21.5. The summed E-state index contributed by atoms with van der Waals surface area (Å²) >= 11 is 2.08. The molecular weight excluding hydrogens is 512 g/mol. The predicted octanol–water partition coefficient (Wildman–Crippen LogP) is -0.312. The summed E-state index contributed by atoms with van der Waals surface area (Å²) in [5.41, 5.74) is -1.64. The van der Waals surface area contributed by atoms with Crippen molar-refractivity contribution in [1.29, 1.82) is 0 Å². The van der Waals surface area contributed by atoms with Gasteiger partial charge in [-0.05, 0) is 34.9 Å². The number of thioether (sulfide) groups is 2. The van der Waals surface area contributed by atoms with Crippen molar-refractivity contribution in [1.82, 2.24) is 20.0 Å². The van der Waals surface area contributed by atoms with E-state index in [0.29, 0.717) is 0 Å². The molecule has 0 unspecified atom stereocenters. The Morgan fingerprint density at radius 3 is 1.58 bits per heavy atom. The Kier molecular flexibility index (Phi) is 10.6. The van der Waals surface area contributed by atoms with Crippen molar-refractivity contribution in [2.45, 2.75) is 61.3 Å². The van der Waals surface area contributed by atoms with Crippen LogP contribution < -0.4 is 21.8 Å². The molecule has 2 heterocycles. The van der Waals surface area contributed by atoms with E-state index in [2.05, 4.69) is 10.6 Å². The molecule has 0 aromatic carbocycles. The van der Waals surface area contributed by atoms with Crippen LogP contribution in [0.4, 0.5) is 0 Å². The average molecular weight is 547 g/mol. The highest BCUT2D eigenvalue weighted by atomic mass is 32.2. The summed E-state index contributed by atoms with van der Waals surface area (Å²) in [5, 5.41) is 5.66. The van der Waals surface area contributed by atoms with E-state index in [9.17, 15) is 24.0 Å². The average Bonchev–Trinajstić information content (AvgIpc) is 3.28. The maximum atomic E-state index is 13.5. The van der Waals surface area contributed by atoms with E-state index in [0.717, 1.165) is 23.5 Å². The third-order valence-corrected chi connectivity index (χ3v) is 7.80. The first-order valence-electron chi connectivity index (χ1n) is 11.2. The fourth-order valence-electron chi connectivity index (χ4n) is 3.43. The third kappa shape index (κ3) is 7.14. The minimum atomic E-state index is -0.715. The summed E-state index contributed by atoms with van der Waals surface area (Å²) in [5.74, 6) is -1.98. The number of nitrogens with zero attached hydrogens (tertiary/aromatic N) is 2. The van der Waals surface area contributed by atoms with Crippen molar-refractivity contribution in [2.24, 2.45) is 5.92 Å². The third-order valence-electron chi connectivity index (χ3n) is 5.34. The SMILES string of the molecule is CN[C@@H](CSc1c(SC[C@H](NC)C(=O)OC)c(=O)n2n(c1=O)CC(C(=O)OC(C)(C)C)C2)C(=O)OC. The Balaban J connectivity index is 2.47. The van der Waals surface area contributed by atoms with Gasteiger partial charge in [0, 0.05) is 11.5 Å². The van der Waals surface area contributed by atoms with Crippen LogP contribution in [0.25, 0.3) is 0 Å². The number of aromatic nitrogens is 2. The first kappa shape index (κ1) is 29.9. The molecule has 0 saturated heterocycles. The number of rotatable bonds is 11. The van der Waals surface area contributed by atoms with Gasteiger partial charge in [0.15, 0.2) is 0 Å². The molecule has 202 valence electrons. The lowest BCUT2D eigenvalue weighted by Gasteiger charge is -2.21. The molecule has 0 fully saturated rings. The van der Waals surface area contributed by atoms with Crippen LogP contribution in [-0.4, -0.2) is 84.8 Å². The van der Waals surface area contributed by atoms with Gasteiger partial charge in [0.1, 0.15) is 17.7 Å². The Morgan fingerprint density at radius 1 is 0.889 bits per heavy atom. The van der Waals surface area contributed by atoms with E-state index in [1.807, 2.05) is 0 Å². The number of hydrogen-bond donors (Lipinski definition) is 2. The van der Waals surface area contributed by atoms with Crippen molar-refractivity contribution in [3.8, 4) is 0 Å². The molecule has 12 nitrogen and oxygen atoms in total. The number of fused-ring (bicyclic) bond motifs is 1. The summed E-state index contributed by atoms with van der Waals surface area (Å²) < 4.78 is 17.5. The van der Waals surface area contributed by atoms with Crippen LogP contribution in [0.3, 0.4) is 0 Å². The molecule has 1 aliphatic heterocycles. The Morgan fingerprint density at radius 2 is 1.28 bits per heavy atom. The molecule has 0 amide bonds. The summed E-state index contributed by atoms with van der Waals surface area (Å²) in [7, 11) is 5.69. The lowest BCUT2D eigenvalue weighted by Crippen LogP contribution is -2.40. The molecule has 36 heavy (non-hydrogen) atoms. The minimum absolute atomic E-state index is 0.00471. The van der Waals surface area contributed by atoms with Gasteiger partial charge in [0.25, 0.3) is 11.1 Å². The second kappa shape index (κ2) is 12.8. The van der Waals surface area contributed by atoms with Crippen molar-refractivity contribution in [2.75, 3.05) is 39.8 Å². The van der Waals surface area contributed by atoms with E-state index in [4.69, 9.17) is 14.2 Å². The van der Waals surface area contributed by atoms with Crippen molar-refractivity contribution in [3.05, 3.63) is 20.7 Å². The summed E-state index contributed by atoms with van der Waals surface area (Å²) in [6.07, 6.45) is 0. The zero-order valence-corrected chi connectivity index (χ0v) is 23.2. The molecule has 2 N–H and O–H groups in total. The monoisotopic (exact) mass is 546 g/mol. The van der Waals surface area contributed by atoms with Crippen LogP contribution in [0, 0.1) is 5.92 Å². The smallest absolute Gasteiger partial charge is 0.323 e. The molecule has 0 radical (unpaired) electrons. The van der Waals surface area contributed by atoms with E-state index in [1.165, 1.54) is 23.6 Å². The van der Waals surface area contributed by atoms with Crippen molar-refractivity contribution < 1.29 is 28.6 Å². The summed E-state index contributed by atoms with van der Waals surface area (Å²) in [4.78, 5) is 64.0. The molecule has 2 rings (SSSR count). The molecule has 0 spiro atoms. The van der Waals surface area contributed by atoms with Gasteiger partial charge in [0.2, 0.25) is 0 Å². The number of methoxy groups -OCH3 is 2. The largest absolute Gasteiger partial charge is 0.468 e. The lowest BCUT2D eigenvalue weighted by molar-refractivity contribution is -0.160. The second-order valence-electron chi connectivity index (χ2n) is 9.01. The number of carbonyl (C=O) groups is 3. The quantitative estimate of drug-likeness (QED) is 0.213. The number of hydrogen-bond acceptors (Lipinski definition) is 12. The molecular formula is C22H34N4O8S2. The lowest BCUT2D eigenvalue weighted by atomic mass is 10.1. The molecule has 0 bridgehead atoms. The van der Waals surface area contributed by atoms with Gasteiger partial charge in [-0.3, -0.25) is 24.0 Å². The van der Waals surface area contributed by atoms with E-state index in [1.54, 1.807) is 34.9 Å². The maximum Gasteiger partial charge on any atom is 0.323 e. The van der Waals surface area contributed by atoms with Gasteiger partial charge in [-0.25, -0.2) is 9.36 Å². The van der Waals surface area contributed by atoms with E-state index < -0.39 is 52.6 Å². The van der Waals surface area contributed by atoms with Crippen molar-refractivity contribution in [3.63, 3.8) is 0 Å². The van der Waals surface area contributed by atoms with Crippen LogP contribution in [0.15, 0.2) is 19.4 Å². The highest BCUT2D eigenvalue weighted by molar-refractivity contribution is 8.02. The molecule has 1 aromatic heterocycles. The topological polar surface area (TPSA) is 147 Å². The molecule has 14 heteroatoms. The number of carbonyl (C=O) groups excluding carboxylic acids is 3. The standard InChI is InChI=1S/C22H34N4O8S2/c1-22(2,3)34-19(29)12-8-25-17(27)15(35-10-13(23-4)20(30)32-6)16(18(28)26(25)9-12)36-11-14(24-5)21(31)33-7/h12-14,23-24H,8-11H2,1-7H3/t13-,14-/m0/s1. The molecule has 2 atom stereocenters. The van der Waals surface area contributed by atoms with Gasteiger partial charge < -0.3 is 24.8 Å². The first-order chi connectivity index (χ1) is 16.9. The normalized spacial score (nSPS) is 15.2. The van der Waals surface area contributed by atoms with Crippen LogP contribution >= 0.6 is 23.5 Å². The Bertz CT molecular complexity index is 1020. The van der Waals surface area contributed by atoms with Crippen molar-refractivity contribution >= 4 is 41.4 Å².